The smallest absolute Gasteiger partial charge is 0.144 e. The molecule has 2 nitrogen and oxygen atoms in total. The minimum absolute atomic E-state index is 0.644. The van der Waals surface area contributed by atoms with Crippen LogP contribution in [0.3, 0.4) is 0 Å². The molecule has 1 heterocycles. The van der Waals surface area contributed by atoms with E-state index in [2.05, 4.69) is 17.4 Å². The second kappa shape index (κ2) is 4.23. The predicted molar refractivity (Wildman–Crippen MR) is 60.1 cm³/mol. The molecule has 2 aromatic rings. The van der Waals surface area contributed by atoms with Crippen molar-refractivity contribution in [1.82, 2.24) is 4.37 Å². The van der Waals surface area contributed by atoms with E-state index in [0.717, 1.165) is 5.39 Å². The van der Waals surface area contributed by atoms with E-state index in [1.807, 2.05) is 26.0 Å². The summed E-state index contributed by atoms with van der Waals surface area (Å²) in [4.78, 5) is 0. The van der Waals surface area contributed by atoms with Gasteiger partial charge in [-0.25, -0.2) is 0 Å². The van der Waals surface area contributed by atoms with Crippen molar-refractivity contribution in [3.05, 3.63) is 23.8 Å². The van der Waals surface area contributed by atoms with Gasteiger partial charge in [0, 0.05) is 5.39 Å². The Morgan fingerprint density at radius 1 is 1.31 bits per heavy atom. The second-order valence-corrected chi connectivity index (χ2v) is 3.37. The maximum Gasteiger partial charge on any atom is 0.144 e. The zero-order valence-electron chi connectivity index (χ0n) is 8.16. The number of hydrogen-bond donors (Lipinski definition) is 1. The van der Waals surface area contributed by atoms with Crippen molar-refractivity contribution < 1.29 is 0 Å². The molecule has 2 N–H and O–H groups in total. The maximum absolute atomic E-state index is 5.63. The lowest BCUT2D eigenvalue weighted by Gasteiger charge is -1.90. The third-order valence-electron chi connectivity index (χ3n) is 1.66. The highest BCUT2D eigenvalue weighted by Crippen LogP contribution is 2.24. The molecule has 0 aliphatic carbocycles. The van der Waals surface area contributed by atoms with Crippen molar-refractivity contribution in [3.8, 4) is 0 Å². The number of benzene rings is 1. The van der Waals surface area contributed by atoms with Crippen LogP contribution in [-0.4, -0.2) is 4.37 Å². The first kappa shape index (κ1) is 9.99. The van der Waals surface area contributed by atoms with Gasteiger partial charge in [0.25, 0.3) is 0 Å². The molecule has 0 radical (unpaired) electrons. The summed E-state index contributed by atoms with van der Waals surface area (Å²) >= 11 is 1.45. The van der Waals surface area contributed by atoms with Crippen LogP contribution in [0.1, 0.15) is 19.4 Å². The van der Waals surface area contributed by atoms with Crippen LogP contribution in [-0.2, 0) is 0 Å². The first-order valence-corrected chi connectivity index (χ1v) is 5.16. The highest BCUT2D eigenvalue weighted by molar-refractivity contribution is 7.13. The molecule has 13 heavy (non-hydrogen) atoms. The molecule has 1 aromatic carbocycles. The minimum Gasteiger partial charge on any atom is -0.382 e. The number of aromatic nitrogens is 1. The van der Waals surface area contributed by atoms with Crippen molar-refractivity contribution >= 4 is 27.4 Å². The molecule has 0 atom stereocenters. The summed E-state index contributed by atoms with van der Waals surface area (Å²) < 4.78 is 5.23. The molecule has 0 aliphatic heterocycles. The first-order valence-electron chi connectivity index (χ1n) is 4.39. The van der Waals surface area contributed by atoms with E-state index in [4.69, 9.17) is 5.73 Å². The number of nitrogen functional groups attached to an aromatic ring is 1. The van der Waals surface area contributed by atoms with Gasteiger partial charge >= 0.3 is 0 Å². The molecule has 2 rings (SSSR count). The zero-order chi connectivity index (χ0) is 9.84. The highest BCUT2D eigenvalue weighted by Gasteiger charge is 2.00. The van der Waals surface area contributed by atoms with Crippen LogP contribution >= 0.6 is 11.5 Å². The van der Waals surface area contributed by atoms with Crippen molar-refractivity contribution in [3.63, 3.8) is 0 Å². The predicted octanol–water partition coefficient (Wildman–Crippen LogP) is 3.21. The monoisotopic (exact) mass is 194 g/mol. The van der Waals surface area contributed by atoms with Crippen LogP contribution in [0.25, 0.3) is 10.1 Å². The van der Waals surface area contributed by atoms with Crippen LogP contribution in [0.15, 0.2) is 18.2 Å². The lowest BCUT2D eigenvalue weighted by molar-refractivity contribution is 1.50. The lowest BCUT2D eigenvalue weighted by atomic mass is 10.2. The van der Waals surface area contributed by atoms with Gasteiger partial charge in [0.05, 0.1) is 4.70 Å². The third-order valence-corrected chi connectivity index (χ3v) is 2.48. The molecule has 0 unspecified atom stereocenters. The Labute approximate surface area is 82.6 Å². The van der Waals surface area contributed by atoms with Crippen molar-refractivity contribution in [2.75, 3.05) is 5.73 Å². The number of aryl methyl sites for hydroxylation is 1. The normalized spacial score (nSPS) is 9.46. The summed E-state index contributed by atoms with van der Waals surface area (Å²) in [6.45, 7) is 6.06. The van der Waals surface area contributed by atoms with Gasteiger partial charge < -0.3 is 5.73 Å². The summed E-state index contributed by atoms with van der Waals surface area (Å²) in [5, 5.41) is 1.07. The van der Waals surface area contributed by atoms with Gasteiger partial charge in [-0.15, -0.1) is 0 Å². The van der Waals surface area contributed by atoms with Crippen LogP contribution < -0.4 is 5.73 Å². The summed E-state index contributed by atoms with van der Waals surface area (Å²) in [6.07, 6.45) is 0. The Morgan fingerprint density at radius 3 is 2.69 bits per heavy atom. The average molecular weight is 194 g/mol. The van der Waals surface area contributed by atoms with Crippen LogP contribution in [0.5, 0.6) is 0 Å². The molecule has 0 aliphatic rings. The number of nitrogens with two attached hydrogens (primary N) is 1. The second-order valence-electron chi connectivity index (χ2n) is 2.57. The summed E-state index contributed by atoms with van der Waals surface area (Å²) in [5.41, 5.74) is 6.88. The number of fused-ring (bicyclic) bond motifs is 1. The SMILES string of the molecule is CC.Cc1ccc2c(N)nsc2c1. The van der Waals surface area contributed by atoms with E-state index in [1.54, 1.807) is 0 Å². The zero-order valence-corrected chi connectivity index (χ0v) is 8.98. The molecule has 0 bridgehead atoms. The van der Waals surface area contributed by atoms with E-state index in [-0.39, 0.29) is 0 Å². The lowest BCUT2D eigenvalue weighted by Crippen LogP contribution is -1.82. The molecular weight excluding hydrogens is 180 g/mol. The van der Waals surface area contributed by atoms with Gasteiger partial charge in [0.15, 0.2) is 0 Å². The van der Waals surface area contributed by atoms with Crippen LogP contribution in [0.4, 0.5) is 5.82 Å². The Bertz CT molecular complexity index is 393. The fourth-order valence-electron chi connectivity index (χ4n) is 1.06. The van der Waals surface area contributed by atoms with E-state index in [1.165, 1.54) is 21.8 Å². The van der Waals surface area contributed by atoms with E-state index in [9.17, 15) is 0 Å². The molecule has 70 valence electrons. The van der Waals surface area contributed by atoms with Gasteiger partial charge in [0.1, 0.15) is 5.82 Å². The van der Waals surface area contributed by atoms with Gasteiger partial charge in [0.2, 0.25) is 0 Å². The topological polar surface area (TPSA) is 38.9 Å². The van der Waals surface area contributed by atoms with E-state index in [0.29, 0.717) is 5.82 Å². The van der Waals surface area contributed by atoms with Crippen molar-refractivity contribution in [1.29, 1.82) is 0 Å². The fraction of sp³-hybridized carbons (Fsp3) is 0.300. The van der Waals surface area contributed by atoms with E-state index < -0.39 is 0 Å². The minimum atomic E-state index is 0.644. The summed E-state index contributed by atoms with van der Waals surface area (Å²) in [5.74, 6) is 0.644. The summed E-state index contributed by atoms with van der Waals surface area (Å²) in [6, 6.07) is 6.17. The molecule has 0 spiro atoms. The fourth-order valence-corrected chi connectivity index (χ4v) is 1.87. The molecule has 0 saturated heterocycles. The standard InChI is InChI=1S/C8H8N2S.C2H6/c1-5-2-3-6-7(4-5)11-10-8(6)9;1-2/h2-4H,1H3,(H2,9,10);1-2H3. The Balaban J connectivity index is 0.000000396. The highest BCUT2D eigenvalue weighted by atomic mass is 32.1. The Hall–Kier alpha value is -1.09. The van der Waals surface area contributed by atoms with Crippen molar-refractivity contribution in [2.45, 2.75) is 20.8 Å². The molecule has 0 fully saturated rings. The van der Waals surface area contributed by atoms with Gasteiger partial charge in [-0.2, -0.15) is 4.37 Å². The van der Waals surface area contributed by atoms with Crippen LogP contribution in [0.2, 0.25) is 0 Å². The average Bonchev–Trinajstić information content (AvgIpc) is 2.51. The number of nitrogens with zero attached hydrogens (tertiary/aromatic N) is 1. The molecular formula is C10H14N2S. The van der Waals surface area contributed by atoms with Gasteiger partial charge in [-0.1, -0.05) is 19.9 Å². The van der Waals surface area contributed by atoms with Crippen molar-refractivity contribution in [2.24, 2.45) is 0 Å². The quantitative estimate of drug-likeness (QED) is 0.699. The van der Waals surface area contributed by atoms with E-state index >= 15 is 0 Å². The Morgan fingerprint density at radius 2 is 2.00 bits per heavy atom. The van der Waals surface area contributed by atoms with Gasteiger partial charge in [-0.05, 0) is 36.2 Å². The Kier molecular flexibility index (Phi) is 3.25. The maximum atomic E-state index is 5.63. The third kappa shape index (κ3) is 1.98. The first-order chi connectivity index (χ1) is 6.27. The molecule has 3 heteroatoms. The largest absolute Gasteiger partial charge is 0.382 e. The summed E-state index contributed by atoms with van der Waals surface area (Å²) in [7, 11) is 0. The number of anilines is 1. The molecule has 1 aromatic heterocycles. The molecule has 0 amide bonds. The van der Waals surface area contributed by atoms with Gasteiger partial charge in [-0.3, -0.25) is 0 Å². The number of hydrogen-bond acceptors (Lipinski definition) is 3. The molecule has 0 saturated carbocycles. The van der Waals surface area contributed by atoms with Crippen LogP contribution in [0, 0.1) is 6.92 Å². The number of rotatable bonds is 0.